The number of hydrogen-bond acceptors (Lipinski definition) is 1. The van der Waals surface area contributed by atoms with Gasteiger partial charge >= 0.3 is 0 Å². The molecule has 2 unspecified atom stereocenters. The van der Waals surface area contributed by atoms with Gasteiger partial charge in [0.2, 0.25) is 0 Å². The summed E-state index contributed by atoms with van der Waals surface area (Å²) in [5.41, 5.74) is 0. The van der Waals surface area contributed by atoms with Crippen LogP contribution < -0.4 is 0 Å². The first-order valence-corrected chi connectivity index (χ1v) is 7.50. The minimum atomic E-state index is 0.923. The molecule has 2 aliphatic rings. The molecule has 1 aliphatic heterocycles. The van der Waals surface area contributed by atoms with Crippen molar-refractivity contribution in [2.45, 2.75) is 46.0 Å². The molecule has 0 amide bonds. The topological polar surface area (TPSA) is 0 Å². The maximum absolute atomic E-state index is 2.41. The molecule has 3 atom stereocenters. The highest BCUT2D eigenvalue weighted by atomic mass is 32.2. The van der Waals surface area contributed by atoms with E-state index in [9.17, 15) is 0 Å². The van der Waals surface area contributed by atoms with Gasteiger partial charge in [-0.1, -0.05) is 33.1 Å². The Balaban J connectivity index is 1.86. The molecule has 0 N–H and O–H groups in total. The van der Waals surface area contributed by atoms with E-state index in [1.54, 1.807) is 6.42 Å². The third-order valence-corrected chi connectivity index (χ3v) is 5.52. The summed E-state index contributed by atoms with van der Waals surface area (Å²) in [5.74, 6) is 7.04. The van der Waals surface area contributed by atoms with E-state index in [0.717, 1.165) is 23.7 Å². The van der Waals surface area contributed by atoms with Crippen LogP contribution in [0.3, 0.4) is 0 Å². The van der Waals surface area contributed by atoms with E-state index in [1.165, 1.54) is 37.2 Å². The summed E-state index contributed by atoms with van der Waals surface area (Å²) in [5, 5.41) is 0. The van der Waals surface area contributed by atoms with Crippen molar-refractivity contribution < 1.29 is 0 Å². The molecule has 1 aliphatic carbocycles. The van der Waals surface area contributed by atoms with Crippen LogP contribution >= 0.6 is 11.8 Å². The maximum atomic E-state index is 2.41. The highest BCUT2D eigenvalue weighted by molar-refractivity contribution is 7.99. The lowest BCUT2D eigenvalue weighted by molar-refractivity contribution is 0.173. The zero-order valence-corrected chi connectivity index (χ0v) is 10.5. The summed E-state index contributed by atoms with van der Waals surface area (Å²) in [7, 11) is 0. The van der Waals surface area contributed by atoms with Gasteiger partial charge in [-0.15, -0.1) is 0 Å². The van der Waals surface area contributed by atoms with E-state index >= 15 is 0 Å². The lowest BCUT2D eigenvalue weighted by Crippen LogP contribution is -2.25. The van der Waals surface area contributed by atoms with Crippen molar-refractivity contribution in [3.05, 3.63) is 0 Å². The first kappa shape index (κ1) is 10.9. The van der Waals surface area contributed by atoms with Crippen molar-refractivity contribution in [2.24, 2.45) is 23.7 Å². The molecule has 1 saturated heterocycles. The van der Waals surface area contributed by atoms with Crippen LogP contribution in [-0.4, -0.2) is 11.5 Å². The Kier molecular flexibility index (Phi) is 3.81. The van der Waals surface area contributed by atoms with Gasteiger partial charge in [-0.3, -0.25) is 0 Å². The standard InChI is InChI=1S/C13H24S/c1-10(2)11-4-3-5-12(8-11)13-6-7-14-9-13/h10-13H,3-9H2,1-2H3/t11?,12-,13?/m0/s1. The van der Waals surface area contributed by atoms with Gasteiger partial charge in [-0.25, -0.2) is 0 Å². The van der Waals surface area contributed by atoms with Gasteiger partial charge in [0.05, 0.1) is 0 Å². The van der Waals surface area contributed by atoms with E-state index < -0.39 is 0 Å². The minimum absolute atomic E-state index is 0.923. The molecule has 0 aromatic rings. The first-order chi connectivity index (χ1) is 6.77. The monoisotopic (exact) mass is 212 g/mol. The molecule has 0 spiro atoms. The highest BCUT2D eigenvalue weighted by Gasteiger charge is 2.31. The predicted molar refractivity (Wildman–Crippen MR) is 65.7 cm³/mol. The van der Waals surface area contributed by atoms with Crippen molar-refractivity contribution in [2.75, 3.05) is 11.5 Å². The average Bonchev–Trinajstić information content (AvgIpc) is 2.71. The summed E-state index contributed by atoms with van der Waals surface area (Å²) < 4.78 is 0. The Morgan fingerprint density at radius 1 is 1.07 bits per heavy atom. The first-order valence-electron chi connectivity index (χ1n) is 6.35. The summed E-state index contributed by atoms with van der Waals surface area (Å²) in [6.45, 7) is 4.83. The molecular formula is C13H24S. The second-order valence-corrected chi connectivity index (χ2v) is 6.70. The van der Waals surface area contributed by atoms with Crippen molar-refractivity contribution in [1.82, 2.24) is 0 Å². The fourth-order valence-electron chi connectivity index (χ4n) is 3.22. The van der Waals surface area contributed by atoms with E-state index in [2.05, 4.69) is 25.6 Å². The Bertz CT molecular complexity index is 170. The SMILES string of the molecule is CC(C)C1CCC[C@H](C2CCSC2)C1. The number of hydrogen-bond donors (Lipinski definition) is 0. The minimum Gasteiger partial charge on any atom is -0.162 e. The lowest BCUT2D eigenvalue weighted by Gasteiger charge is -2.34. The van der Waals surface area contributed by atoms with Gasteiger partial charge in [0.25, 0.3) is 0 Å². The second-order valence-electron chi connectivity index (χ2n) is 5.55. The normalized spacial score (nSPS) is 39.2. The summed E-state index contributed by atoms with van der Waals surface area (Å²) in [4.78, 5) is 0. The van der Waals surface area contributed by atoms with Crippen molar-refractivity contribution >= 4 is 11.8 Å². The third kappa shape index (κ3) is 2.48. The largest absolute Gasteiger partial charge is 0.162 e. The molecule has 1 heteroatoms. The fourth-order valence-corrected chi connectivity index (χ4v) is 4.60. The molecule has 82 valence electrons. The van der Waals surface area contributed by atoms with Crippen molar-refractivity contribution in [3.63, 3.8) is 0 Å². The van der Waals surface area contributed by atoms with Crippen LogP contribution in [0.1, 0.15) is 46.0 Å². The molecule has 2 fully saturated rings. The molecule has 1 saturated carbocycles. The van der Waals surface area contributed by atoms with Crippen LogP contribution in [0, 0.1) is 23.7 Å². The van der Waals surface area contributed by atoms with Gasteiger partial charge < -0.3 is 0 Å². The van der Waals surface area contributed by atoms with Crippen molar-refractivity contribution in [1.29, 1.82) is 0 Å². The van der Waals surface area contributed by atoms with E-state index in [-0.39, 0.29) is 0 Å². The van der Waals surface area contributed by atoms with Gasteiger partial charge in [0.15, 0.2) is 0 Å². The van der Waals surface area contributed by atoms with E-state index in [4.69, 9.17) is 0 Å². The smallest absolute Gasteiger partial charge is 0.00362 e. The van der Waals surface area contributed by atoms with Gasteiger partial charge in [0, 0.05) is 0 Å². The van der Waals surface area contributed by atoms with Gasteiger partial charge in [-0.2, -0.15) is 11.8 Å². The maximum Gasteiger partial charge on any atom is -0.00362 e. The summed E-state index contributed by atoms with van der Waals surface area (Å²) in [6.07, 6.45) is 7.61. The molecule has 0 nitrogen and oxygen atoms in total. The Morgan fingerprint density at radius 3 is 2.57 bits per heavy atom. The second kappa shape index (κ2) is 4.92. The molecule has 14 heavy (non-hydrogen) atoms. The van der Waals surface area contributed by atoms with E-state index in [0.29, 0.717) is 0 Å². The quantitative estimate of drug-likeness (QED) is 0.661. The van der Waals surface area contributed by atoms with Crippen LogP contribution in [0.5, 0.6) is 0 Å². The summed E-state index contributed by atoms with van der Waals surface area (Å²) in [6, 6.07) is 0. The number of thioether (sulfide) groups is 1. The van der Waals surface area contributed by atoms with Gasteiger partial charge in [-0.05, 0) is 48.0 Å². The Labute approximate surface area is 93.2 Å². The predicted octanol–water partition coefficient (Wildman–Crippen LogP) is 4.20. The fraction of sp³-hybridized carbons (Fsp3) is 1.00. The highest BCUT2D eigenvalue weighted by Crippen LogP contribution is 2.41. The molecule has 0 bridgehead atoms. The summed E-state index contributed by atoms with van der Waals surface area (Å²) >= 11 is 2.19. The molecular weight excluding hydrogens is 188 g/mol. The zero-order chi connectivity index (χ0) is 9.97. The molecule has 0 aromatic heterocycles. The molecule has 1 heterocycles. The average molecular weight is 212 g/mol. The van der Waals surface area contributed by atoms with Crippen LogP contribution in [0.4, 0.5) is 0 Å². The molecule has 2 rings (SSSR count). The molecule has 0 radical (unpaired) electrons. The molecule has 0 aromatic carbocycles. The van der Waals surface area contributed by atoms with Crippen LogP contribution in [0.15, 0.2) is 0 Å². The van der Waals surface area contributed by atoms with Crippen LogP contribution in [0.2, 0.25) is 0 Å². The Hall–Kier alpha value is 0.350. The lowest BCUT2D eigenvalue weighted by atomic mass is 9.71. The number of rotatable bonds is 2. The zero-order valence-electron chi connectivity index (χ0n) is 9.67. The van der Waals surface area contributed by atoms with E-state index in [1.807, 2.05) is 0 Å². The van der Waals surface area contributed by atoms with Crippen LogP contribution in [0.25, 0.3) is 0 Å². The van der Waals surface area contributed by atoms with Crippen molar-refractivity contribution in [3.8, 4) is 0 Å². The third-order valence-electron chi connectivity index (χ3n) is 4.33. The Morgan fingerprint density at radius 2 is 1.93 bits per heavy atom. The van der Waals surface area contributed by atoms with Crippen LogP contribution in [-0.2, 0) is 0 Å². The van der Waals surface area contributed by atoms with Gasteiger partial charge in [0.1, 0.15) is 0 Å².